The fraction of sp³-hybridized carbons (Fsp3) is 0.300. The molecule has 3 nitrogen and oxygen atoms in total. The highest BCUT2D eigenvalue weighted by atomic mass is 19.4. The molecule has 0 saturated carbocycles. The molecule has 0 aliphatic heterocycles. The SMILES string of the molecule is CCNC(=O)Nc1cc(C(F)(F)F)ccc1F. The highest BCUT2D eigenvalue weighted by Gasteiger charge is 2.31. The molecule has 1 aromatic rings. The average molecular weight is 250 g/mol. The molecule has 94 valence electrons. The third kappa shape index (κ3) is 3.61. The van der Waals surface area contributed by atoms with Gasteiger partial charge in [0.1, 0.15) is 5.82 Å². The van der Waals surface area contributed by atoms with Crippen molar-refractivity contribution in [1.29, 1.82) is 0 Å². The van der Waals surface area contributed by atoms with Crippen LogP contribution in [0.3, 0.4) is 0 Å². The van der Waals surface area contributed by atoms with Gasteiger partial charge < -0.3 is 10.6 Å². The van der Waals surface area contributed by atoms with Gasteiger partial charge >= 0.3 is 12.2 Å². The van der Waals surface area contributed by atoms with E-state index in [1.54, 1.807) is 6.92 Å². The molecule has 1 rings (SSSR count). The summed E-state index contributed by atoms with van der Waals surface area (Å²) in [5.74, 6) is -0.927. The summed E-state index contributed by atoms with van der Waals surface area (Å²) < 4.78 is 50.2. The first kappa shape index (κ1) is 13.3. The van der Waals surface area contributed by atoms with Crippen molar-refractivity contribution in [3.8, 4) is 0 Å². The molecule has 0 aliphatic rings. The Labute approximate surface area is 94.8 Å². The van der Waals surface area contributed by atoms with Gasteiger partial charge in [0, 0.05) is 6.54 Å². The second kappa shape index (κ2) is 5.03. The Morgan fingerprint density at radius 1 is 1.35 bits per heavy atom. The molecular formula is C10H10F4N2O. The lowest BCUT2D eigenvalue weighted by Gasteiger charge is -2.11. The normalized spacial score (nSPS) is 11.1. The van der Waals surface area contributed by atoms with Gasteiger partial charge in [-0.25, -0.2) is 9.18 Å². The molecule has 0 spiro atoms. The minimum atomic E-state index is -4.58. The largest absolute Gasteiger partial charge is 0.416 e. The van der Waals surface area contributed by atoms with Crippen molar-refractivity contribution in [2.24, 2.45) is 0 Å². The summed E-state index contributed by atoms with van der Waals surface area (Å²) in [6.07, 6.45) is -4.58. The van der Waals surface area contributed by atoms with Crippen LogP contribution in [-0.2, 0) is 6.18 Å². The predicted octanol–water partition coefficient (Wildman–Crippen LogP) is 2.99. The number of carbonyl (C=O) groups excluding carboxylic acids is 1. The molecule has 0 bridgehead atoms. The van der Waals surface area contributed by atoms with Crippen LogP contribution < -0.4 is 10.6 Å². The Kier molecular flexibility index (Phi) is 3.93. The second-order valence-electron chi connectivity index (χ2n) is 3.18. The topological polar surface area (TPSA) is 41.1 Å². The molecule has 17 heavy (non-hydrogen) atoms. The number of halogens is 4. The summed E-state index contributed by atoms with van der Waals surface area (Å²) in [4.78, 5) is 11.1. The third-order valence-electron chi connectivity index (χ3n) is 1.88. The Balaban J connectivity index is 2.95. The van der Waals surface area contributed by atoms with Crippen molar-refractivity contribution < 1.29 is 22.4 Å². The lowest BCUT2D eigenvalue weighted by atomic mass is 10.2. The molecule has 0 aromatic heterocycles. The molecule has 0 aliphatic carbocycles. The second-order valence-corrected chi connectivity index (χ2v) is 3.18. The van der Waals surface area contributed by atoms with Gasteiger partial charge in [0.15, 0.2) is 0 Å². The van der Waals surface area contributed by atoms with Crippen LogP contribution in [0.2, 0.25) is 0 Å². The fourth-order valence-electron chi connectivity index (χ4n) is 1.12. The quantitative estimate of drug-likeness (QED) is 0.778. The molecule has 2 N–H and O–H groups in total. The first-order valence-corrected chi connectivity index (χ1v) is 4.76. The van der Waals surface area contributed by atoms with Crippen molar-refractivity contribution in [2.75, 3.05) is 11.9 Å². The maximum absolute atomic E-state index is 13.1. The molecule has 0 fully saturated rings. The zero-order valence-corrected chi connectivity index (χ0v) is 8.86. The summed E-state index contributed by atoms with van der Waals surface area (Å²) in [5.41, 5.74) is -1.53. The maximum Gasteiger partial charge on any atom is 0.416 e. The molecule has 0 unspecified atom stereocenters. The summed E-state index contributed by atoms with van der Waals surface area (Å²) in [7, 11) is 0. The van der Waals surface area contributed by atoms with E-state index in [1.165, 1.54) is 0 Å². The highest BCUT2D eigenvalue weighted by molar-refractivity contribution is 5.89. The van der Waals surface area contributed by atoms with E-state index in [1.807, 2.05) is 5.32 Å². The van der Waals surface area contributed by atoms with E-state index in [9.17, 15) is 22.4 Å². The molecule has 2 amide bonds. The van der Waals surface area contributed by atoms with Crippen LogP contribution in [0.15, 0.2) is 18.2 Å². The third-order valence-corrected chi connectivity index (χ3v) is 1.88. The van der Waals surface area contributed by atoms with E-state index in [0.717, 1.165) is 0 Å². The summed E-state index contributed by atoms with van der Waals surface area (Å²) in [6.45, 7) is 1.91. The van der Waals surface area contributed by atoms with Gasteiger partial charge in [-0.15, -0.1) is 0 Å². The monoisotopic (exact) mass is 250 g/mol. The van der Waals surface area contributed by atoms with Gasteiger partial charge in [-0.2, -0.15) is 13.2 Å². The van der Waals surface area contributed by atoms with Crippen LogP contribution in [0, 0.1) is 5.82 Å². The number of anilines is 1. The van der Waals surface area contributed by atoms with E-state index in [-0.39, 0.29) is 6.54 Å². The van der Waals surface area contributed by atoms with Crippen molar-refractivity contribution in [2.45, 2.75) is 13.1 Å². The Morgan fingerprint density at radius 3 is 2.53 bits per heavy atom. The molecular weight excluding hydrogens is 240 g/mol. The summed E-state index contributed by atoms with van der Waals surface area (Å²) >= 11 is 0. The van der Waals surface area contributed by atoms with Crippen LogP contribution in [0.5, 0.6) is 0 Å². The Hall–Kier alpha value is -1.79. The minimum Gasteiger partial charge on any atom is -0.338 e. The maximum atomic E-state index is 13.1. The van der Waals surface area contributed by atoms with Crippen LogP contribution >= 0.6 is 0 Å². The van der Waals surface area contributed by atoms with Gasteiger partial charge in [-0.3, -0.25) is 0 Å². The molecule has 0 saturated heterocycles. The van der Waals surface area contributed by atoms with Crippen LogP contribution in [0.4, 0.5) is 28.0 Å². The van der Waals surface area contributed by atoms with Gasteiger partial charge in [-0.05, 0) is 25.1 Å². The van der Waals surface area contributed by atoms with E-state index in [0.29, 0.717) is 18.2 Å². The first-order chi connectivity index (χ1) is 7.84. The zero-order valence-electron chi connectivity index (χ0n) is 8.86. The lowest BCUT2D eigenvalue weighted by molar-refractivity contribution is -0.137. The number of hydrogen-bond donors (Lipinski definition) is 2. The Morgan fingerprint density at radius 2 is 2.00 bits per heavy atom. The van der Waals surface area contributed by atoms with Crippen molar-refractivity contribution in [3.63, 3.8) is 0 Å². The van der Waals surface area contributed by atoms with E-state index in [2.05, 4.69) is 5.32 Å². The van der Waals surface area contributed by atoms with E-state index >= 15 is 0 Å². The lowest BCUT2D eigenvalue weighted by Crippen LogP contribution is -2.28. The molecule has 0 radical (unpaired) electrons. The smallest absolute Gasteiger partial charge is 0.338 e. The van der Waals surface area contributed by atoms with Gasteiger partial charge in [0.25, 0.3) is 0 Å². The van der Waals surface area contributed by atoms with Crippen molar-refractivity contribution in [3.05, 3.63) is 29.6 Å². The van der Waals surface area contributed by atoms with E-state index in [4.69, 9.17) is 0 Å². The number of rotatable bonds is 2. The van der Waals surface area contributed by atoms with E-state index < -0.39 is 29.3 Å². The van der Waals surface area contributed by atoms with Crippen molar-refractivity contribution in [1.82, 2.24) is 5.32 Å². The van der Waals surface area contributed by atoms with Crippen LogP contribution in [-0.4, -0.2) is 12.6 Å². The Bertz CT molecular complexity index is 417. The summed E-state index contributed by atoms with van der Waals surface area (Å²) in [6, 6.07) is 1.05. The van der Waals surface area contributed by atoms with Crippen LogP contribution in [0.25, 0.3) is 0 Å². The fourth-order valence-corrected chi connectivity index (χ4v) is 1.12. The highest BCUT2D eigenvalue weighted by Crippen LogP contribution is 2.31. The number of nitrogens with one attached hydrogen (secondary N) is 2. The van der Waals surface area contributed by atoms with Crippen LogP contribution in [0.1, 0.15) is 12.5 Å². The predicted molar refractivity (Wildman–Crippen MR) is 54.1 cm³/mol. The van der Waals surface area contributed by atoms with Gasteiger partial charge in [0.2, 0.25) is 0 Å². The molecule has 7 heteroatoms. The van der Waals surface area contributed by atoms with Gasteiger partial charge in [-0.1, -0.05) is 0 Å². The van der Waals surface area contributed by atoms with Crippen molar-refractivity contribution >= 4 is 11.7 Å². The number of carbonyl (C=O) groups is 1. The number of hydrogen-bond acceptors (Lipinski definition) is 1. The number of benzene rings is 1. The molecule has 0 atom stereocenters. The molecule has 1 aromatic carbocycles. The van der Waals surface area contributed by atoms with Gasteiger partial charge in [0.05, 0.1) is 11.3 Å². The standard InChI is InChI=1S/C10H10F4N2O/c1-2-15-9(17)16-8-5-6(10(12,13)14)3-4-7(8)11/h3-5H,2H2,1H3,(H2,15,16,17). The zero-order chi connectivity index (χ0) is 13.1. The first-order valence-electron chi connectivity index (χ1n) is 4.76. The summed E-state index contributed by atoms with van der Waals surface area (Å²) in [5, 5.41) is 4.28. The number of urea groups is 1. The number of alkyl halides is 3. The number of amides is 2. The average Bonchev–Trinajstić information content (AvgIpc) is 2.20. The minimum absolute atomic E-state index is 0.284. The molecule has 0 heterocycles.